The molecule has 0 aliphatic carbocycles. The lowest BCUT2D eigenvalue weighted by molar-refractivity contribution is 0.321. The summed E-state index contributed by atoms with van der Waals surface area (Å²) in [7, 11) is 0. The fourth-order valence-corrected chi connectivity index (χ4v) is 1.36. The standard InChI is InChI=1S/C10H17N.ClH/c1-4-7-11-8-5-6-9(2)10(11)3;/h5-6,8,10H,4,7H2,1-3H3;1H. The molecule has 1 rings (SSSR count). The van der Waals surface area contributed by atoms with E-state index in [1.165, 1.54) is 18.5 Å². The normalized spacial score (nSPS) is 21.8. The first-order valence-corrected chi connectivity index (χ1v) is 4.36. The van der Waals surface area contributed by atoms with Gasteiger partial charge in [0.2, 0.25) is 0 Å². The molecule has 0 aromatic carbocycles. The average molecular weight is 188 g/mol. The van der Waals surface area contributed by atoms with Crippen molar-refractivity contribution in [3.8, 4) is 0 Å². The molecule has 1 aliphatic rings. The van der Waals surface area contributed by atoms with Gasteiger partial charge in [0.05, 0.1) is 0 Å². The molecule has 1 nitrogen and oxygen atoms in total. The average Bonchev–Trinajstić information content (AvgIpc) is 1.99. The quantitative estimate of drug-likeness (QED) is 0.643. The summed E-state index contributed by atoms with van der Waals surface area (Å²) in [4.78, 5) is 2.38. The maximum absolute atomic E-state index is 2.38. The molecule has 1 heterocycles. The molecule has 0 aromatic rings. The minimum Gasteiger partial charge on any atom is -0.371 e. The van der Waals surface area contributed by atoms with Crippen LogP contribution < -0.4 is 0 Å². The number of hydrogen-bond acceptors (Lipinski definition) is 1. The van der Waals surface area contributed by atoms with Crippen LogP contribution in [0.4, 0.5) is 0 Å². The Morgan fingerprint density at radius 1 is 1.50 bits per heavy atom. The zero-order chi connectivity index (χ0) is 8.27. The summed E-state index contributed by atoms with van der Waals surface area (Å²) in [6.45, 7) is 7.83. The van der Waals surface area contributed by atoms with Gasteiger partial charge in [-0.3, -0.25) is 0 Å². The lowest BCUT2D eigenvalue weighted by atomic mass is 10.1. The minimum absolute atomic E-state index is 0. The van der Waals surface area contributed by atoms with Crippen molar-refractivity contribution in [3.05, 3.63) is 23.9 Å². The molecule has 1 atom stereocenters. The maximum atomic E-state index is 2.38. The first kappa shape index (κ1) is 11.6. The molecule has 0 amide bonds. The van der Waals surface area contributed by atoms with Gasteiger partial charge in [0.25, 0.3) is 0 Å². The van der Waals surface area contributed by atoms with Crippen molar-refractivity contribution in [2.45, 2.75) is 33.2 Å². The van der Waals surface area contributed by atoms with Gasteiger partial charge < -0.3 is 4.90 Å². The monoisotopic (exact) mass is 187 g/mol. The summed E-state index contributed by atoms with van der Waals surface area (Å²) < 4.78 is 0. The second-order valence-corrected chi connectivity index (χ2v) is 3.17. The highest BCUT2D eigenvalue weighted by atomic mass is 35.5. The zero-order valence-corrected chi connectivity index (χ0v) is 8.90. The number of nitrogens with zero attached hydrogens (tertiary/aromatic N) is 1. The molecule has 70 valence electrons. The van der Waals surface area contributed by atoms with Gasteiger partial charge in [-0.1, -0.05) is 18.6 Å². The van der Waals surface area contributed by atoms with Crippen LogP contribution in [0.3, 0.4) is 0 Å². The van der Waals surface area contributed by atoms with E-state index in [0.717, 1.165) is 0 Å². The Kier molecular flexibility index (Phi) is 5.07. The second-order valence-electron chi connectivity index (χ2n) is 3.17. The molecule has 0 fully saturated rings. The van der Waals surface area contributed by atoms with Crippen molar-refractivity contribution in [1.82, 2.24) is 4.90 Å². The lowest BCUT2D eigenvalue weighted by Gasteiger charge is -2.30. The molecule has 0 spiro atoms. The third-order valence-corrected chi connectivity index (χ3v) is 2.27. The Labute approximate surface area is 81.6 Å². The highest BCUT2D eigenvalue weighted by Crippen LogP contribution is 2.15. The smallest absolute Gasteiger partial charge is 0.0468 e. The Hall–Kier alpha value is -0.430. The number of hydrogen-bond donors (Lipinski definition) is 0. The van der Waals surface area contributed by atoms with Crippen molar-refractivity contribution >= 4 is 12.4 Å². The maximum Gasteiger partial charge on any atom is 0.0468 e. The first-order chi connectivity index (χ1) is 5.25. The Morgan fingerprint density at radius 3 is 2.75 bits per heavy atom. The van der Waals surface area contributed by atoms with Gasteiger partial charge in [-0.2, -0.15) is 0 Å². The summed E-state index contributed by atoms with van der Waals surface area (Å²) in [6, 6.07) is 0.597. The van der Waals surface area contributed by atoms with Crippen molar-refractivity contribution in [1.29, 1.82) is 0 Å². The SMILES string of the molecule is CCCN1C=CC=C(C)C1C.Cl. The molecule has 0 radical (unpaired) electrons. The van der Waals surface area contributed by atoms with Crippen LogP contribution >= 0.6 is 12.4 Å². The van der Waals surface area contributed by atoms with Crippen LogP contribution in [0.2, 0.25) is 0 Å². The summed E-state index contributed by atoms with van der Waals surface area (Å²) in [5, 5.41) is 0. The van der Waals surface area contributed by atoms with Gasteiger partial charge in [0, 0.05) is 12.6 Å². The van der Waals surface area contributed by atoms with Crippen LogP contribution in [-0.2, 0) is 0 Å². The Morgan fingerprint density at radius 2 is 2.17 bits per heavy atom. The van der Waals surface area contributed by atoms with E-state index >= 15 is 0 Å². The number of allylic oxidation sites excluding steroid dienone is 2. The van der Waals surface area contributed by atoms with E-state index in [4.69, 9.17) is 0 Å². The fraction of sp³-hybridized carbons (Fsp3) is 0.600. The van der Waals surface area contributed by atoms with Gasteiger partial charge in [-0.15, -0.1) is 12.4 Å². The van der Waals surface area contributed by atoms with E-state index in [-0.39, 0.29) is 12.4 Å². The van der Waals surface area contributed by atoms with Crippen LogP contribution in [-0.4, -0.2) is 17.5 Å². The van der Waals surface area contributed by atoms with Crippen molar-refractivity contribution in [3.63, 3.8) is 0 Å². The topological polar surface area (TPSA) is 3.24 Å². The van der Waals surface area contributed by atoms with Crippen LogP contribution in [0.25, 0.3) is 0 Å². The van der Waals surface area contributed by atoms with E-state index in [0.29, 0.717) is 6.04 Å². The highest BCUT2D eigenvalue weighted by molar-refractivity contribution is 5.85. The molecule has 2 heteroatoms. The van der Waals surface area contributed by atoms with E-state index in [2.05, 4.69) is 44.0 Å². The largest absolute Gasteiger partial charge is 0.371 e. The van der Waals surface area contributed by atoms with E-state index in [1.54, 1.807) is 0 Å². The predicted octanol–water partition coefficient (Wildman–Crippen LogP) is 2.98. The van der Waals surface area contributed by atoms with Gasteiger partial charge >= 0.3 is 0 Å². The molecule has 1 aliphatic heterocycles. The summed E-state index contributed by atoms with van der Waals surface area (Å²) in [6.07, 6.45) is 7.73. The molecule has 0 bridgehead atoms. The summed E-state index contributed by atoms with van der Waals surface area (Å²) >= 11 is 0. The lowest BCUT2D eigenvalue weighted by Crippen LogP contribution is -2.31. The third-order valence-electron chi connectivity index (χ3n) is 2.27. The second kappa shape index (κ2) is 5.26. The van der Waals surface area contributed by atoms with Crippen LogP contribution in [0.15, 0.2) is 23.9 Å². The van der Waals surface area contributed by atoms with Crippen molar-refractivity contribution < 1.29 is 0 Å². The predicted molar refractivity (Wildman–Crippen MR) is 56.6 cm³/mol. The minimum atomic E-state index is 0. The molecule has 0 N–H and O–H groups in total. The van der Waals surface area contributed by atoms with Crippen molar-refractivity contribution in [2.24, 2.45) is 0 Å². The van der Waals surface area contributed by atoms with E-state index < -0.39 is 0 Å². The molecular formula is C10H18ClN. The van der Waals surface area contributed by atoms with Crippen molar-refractivity contribution in [2.75, 3.05) is 6.54 Å². The third kappa shape index (κ3) is 2.56. The van der Waals surface area contributed by atoms with Crippen LogP contribution in [0, 0.1) is 0 Å². The first-order valence-electron chi connectivity index (χ1n) is 4.36. The highest BCUT2D eigenvalue weighted by Gasteiger charge is 2.12. The van der Waals surface area contributed by atoms with E-state index in [1.807, 2.05) is 0 Å². The van der Waals surface area contributed by atoms with Crippen LogP contribution in [0.5, 0.6) is 0 Å². The van der Waals surface area contributed by atoms with E-state index in [9.17, 15) is 0 Å². The van der Waals surface area contributed by atoms with Gasteiger partial charge in [-0.25, -0.2) is 0 Å². The number of halogens is 1. The molecule has 0 saturated carbocycles. The van der Waals surface area contributed by atoms with Crippen LogP contribution in [0.1, 0.15) is 27.2 Å². The summed E-state index contributed by atoms with van der Waals surface area (Å²) in [5.74, 6) is 0. The molecular weight excluding hydrogens is 170 g/mol. The molecule has 12 heavy (non-hydrogen) atoms. The summed E-state index contributed by atoms with van der Waals surface area (Å²) in [5.41, 5.74) is 1.46. The Bertz CT molecular complexity index is 184. The van der Waals surface area contributed by atoms with Gasteiger partial charge in [-0.05, 0) is 32.5 Å². The van der Waals surface area contributed by atoms with Gasteiger partial charge in [0.15, 0.2) is 0 Å². The number of rotatable bonds is 2. The van der Waals surface area contributed by atoms with Gasteiger partial charge in [0.1, 0.15) is 0 Å². The zero-order valence-electron chi connectivity index (χ0n) is 8.08. The molecule has 1 unspecified atom stereocenters. The Balaban J connectivity index is 0.00000121. The molecule has 0 saturated heterocycles. The molecule has 0 aromatic heterocycles. The fourth-order valence-electron chi connectivity index (χ4n) is 1.36.